The highest BCUT2D eigenvalue weighted by Gasteiger charge is 2.20. The molecule has 1 aromatic heterocycles. The molecule has 2 aromatic carbocycles. The van der Waals surface area contributed by atoms with Gasteiger partial charge in [0, 0.05) is 24.5 Å². The molecule has 0 radical (unpaired) electrons. The molecule has 1 amide bonds. The summed E-state index contributed by atoms with van der Waals surface area (Å²) in [6.07, 6.45) is 3.49. The lowest BCUT2D eigenvalue weighted by molar-refractivity contribution is -0.138. The zero-order valence-electron chi connectivity index (χ0n) is 13.4. The van der Waals surface area contributed by atoms with Gasteiger partial charge in [0.05, 0.1) is 11.6 Å². The van der Waals surface area contributed by atoms with Crippen LogP contribution in [0.3, 0.4) is 0 Å². The van der Waals surface area contributed by atoms with Gasteiger partial charge in [-0.05, 0) is 35.9 Å². The van der Waals surface area contributed by atoms with Crippen molar-refractivity contribution < 1.29 is 14.7 Å². The number of aliphatic carboxylic acids is 1. The number of carboxylic acid groups (broad SMARTS) is 1. The third kappa shape index (κ3) is 3.92. The molecule has 3 rings (SSSR count). The number of hydrogen-bond donors (Lipinski definition) is 2. The first kappa shape index (κ1) is 16.4. The molecule has 25 heavy (non-hydrogen) atoms. The van der Waals surface area contributed by atoms with E-state index in [0.717, 1.165) is 5.69 Å². The number of amides is 1. The Morgan fingerprint density at radius 1 is 1.04 bits per heavy atom. The fourth-order valence-electron chi connectivity index (χ4n) is 2.52. The number of carbonyl (C=O) groups excluding carboxylic acids is 1. The second-order valence-corrected chi connectivity index (χ2v) is 5.51. The molecule has 0 spiro atoms. The van der Waals surface area contributed by atoms with Crippen LogP contribution in [0.4, 0.5) is 0 Å². The lowest BCUT2D eigenvalue weighted by Gasteiger charge is -2.14. The first-order valence-corrected chi connectivity index (χ1v) is 7.81. The van der Waals surface area contributed by atoms with Gasteiger partial charge in [0.15, 0.2) is 0 Å². The van der Waals surface area contributed by atoms with Crippen LogP contribution < -0.4 is 5.32 Å². The van der Waals surface area contributed by atoms with E-state index in [-0.39, 0.29) is 12.5 Å². The van der Waals surface area contributed by atoms with E-state index in [4.69, 9.17) is 0 Å². The lowest BCUT2D eigenvalue weighted by Crippen LogP contribution is -2.31. The van der Waals surface area contributed by atoms with E-state index in [1.165, 1.54) is 0 Å². The quantitative estimate of drug-likeness (QED) is 0.725. The molecule has 1 heterocycles. The number of benzene rings is 2. The van der Waals surface area contributed by atoms with Gasteiger partial charge in [0.25, 0.3) is 5.91 Å². The van der Waals surface area contributed by atoms with Gasteiger partial charge in [0.1, 0.15) is 0 Å². The number of carbonyl (C=O) groups is 2. The summed E-state index contributed by atoms with van der Waals surface area (Å²) in [5.41, 5.74) is 1.96. The van der Waals surface area contributed by atoms with E-state index < -0.39 is 11.9 Å². The third-order valence-electron chi connectivity index (χ3n) is 3.87. The van der Waals surface area contributed by atoms with Crippen LogP contribution in [0.1, 0.15) is 21.8 Å². The van der Waals surface area contributed by atoms with Gasteiger partial charge < -0.3 is 10.4 Å². The molecular weight excluding hydrogens is 318 g/mol. The van der Waals surface area contributed by atoms with Gasteiger partial charge in [-0.1, -0.05) is 30.3 Å². The average Bonchev–Trinajstić information content (AvgIpc) is 3.17. The fraction of sp³-hybridized carbons (Fsp3) is 0.105. The fourth-order valence-corrected chi connectivity index (χ4v) is 2.52. The standard InChI is InChI=1S/C19H17N3O3/c23-18(15-7-9-16(10-8-15)22-12-4-11-21-22)20-13-17(19(24)25)14-5-2-1-3-6-14/h1-12,17H,13H2,(H,20,23)(H,24,25)/t17-/m0/s1. The summed E-state index contributed by atoms with van der Waals surface area (Å²) in [5.74, 6) is -2.07. The van der Waals surface area contributed by atoms with Crippen LogP contribution in [0.15, 0.2) is 73.1 Å². The van der Waals surface area contributed by atoms with Crippen molar-refractivity contribution in [1.29, 1.82) is 0 Å². The number of nitrogens with one attached hydrogen (secondary N) is 1. The van der Waals surface area contributed by atoms with Gasteiger partial charge in [-0.2, -0.15) is 5.10 Å². The molecule has 0 bridgehead atoms. The Balaban J connectivity index is 1.66. The van der Waals surface area contributed by atoms with Crippen molar-refractivity contribution in [2.75, 3.05) is 6.54 Å². The smallest absolute Gasteiger partial charge is 0.312 e. The maximum absolute atomic E-state index is 12.3. The Bertz CT molecular complexity index is 843. The molecule has 126 valence electrons. The molecule has 0 unspecified atom stereocenters. The van der Waals surface area contributed by atoms with Crippen molar-refractivity contribution >= 4 is 11.9 Å². The molecule has 0 aliphatic carbocycles. The number of rotatable bonds is 6. The highest BCUT2D eigenvalue weighted by Crippen LogP contribution is 2.15. The molecule has 6 nitrogen and oxygen atoms in total. The summed E-state index contributed by atoms with van der Waals surface area (Å²) in [6, 6.07) is 17.6. The molecule has 2 N–H and O–H groups in total. The van der Waals surface area contributed by atoms with Crippen LogP contribution in [-0.2, 0) is 4.79 Å². The van der Waals surface area contributed by atoms with Gasteiger partial charge in [-0.3, -0.25) is 9.59 Å². The average molecular weight is 335 g/mol. The minimum atomic E-state index is -0.972. The van der Waals surface area contributed by atoms with E-state index in [0.29, 0.717) is 11.1 Å². The van der Waals surface area contributed by atoms with E-state index in [9.17, 15) is 14.7 Å². The predicted octanol–water partition coefficient (Wildman–Crippen LogP) is 2.47. The van der Waals surface area contributed by atoms with E-state index in [2.05, 4.69) is 10.4 Å². The van der Waals surface area contributed by atoms with Crippen LogP contribution >= 0.6 is 0 Å². The summed E-state index contributed by atoms with van der Waals surface area (Å²) >= 11 is 0. The summed E-state index contributed by atoms with van der Waals surface area (Å²) in [5, 5.41) is 16.2. The van der Waals surface area contributed by atoms with Crippen LogP contribution in [0.5, 0.6) is 0 Å². The van der Waals surface area contributed by atoms with Gasteiger partial charge in [-0.15, -0.1) is 0 Å². The number of aromatic nitrogens is 2. The summed E-state index contributed by atoms with van der Waals surface area (Å²) in [6.45, 7) is 0.0269. The first-order chi connectivity index (χ1) is 12.1. The molecule has 0 fully saturated rings. The Morgan fingerprint density at radius 2 is 1.76 bits per heavy atom. The number of hydrogen-bond acceptors (Lipinski definition) is 3. The maximum Gasteiger partial charge on any atom is 0.312 e. The normalized spacial score (nSPS) is 11.7. The molecule has 0 aliphatic heterocycles. The van der Waals surface area contributed by atoms with Crippen molar-refractivity contribution in [3.63, 3.8) is 0 Å². The first-order valence-electron chi connectivity index (χ1n) is 7.81. The minimum Gasteiger partial charge on any atom is -0.481 e. The van der Waals surface area contributed by atoms with Crippen LogP contribution in [0, 0.1) is 0 Å². The van der Waals surface area contributed by atoms with Crippen molar-refractivity contribution in [1.82, 2.24) is 15.1 Å². The largest absolute Gasteiger partial charge is 0.481 e. The highest BCUT2D eigenvalue weighted by atomic mass is 16.4. The molecule has 0 saturated carbocycles. The molecule has 0 aliphatic rings. The van der Waals surface area contributed by atoms with Crippen molar-refractivity contribution in [3.8, 4) is 5.69 Å². The van der Waals surface area contributed by atoms with Gasteiger partial charge in [-0.25, -0.2) is 4.68 Å². The van der Waals surface area contributed by atoms with Crippen LogP contribution in [0.2, 0.25) is 0 Å². The van der Waals surface area contributed by atoms with Crippen LogP contribution in [-0.4, -0.2) is 33.3 Å². The van der Waals surface area contributed by atoms with Gasteiger partial charge >= 0.3 is 5.97 Å². The SMILES string of the molecule is O=C(NC[C@H](C(=O)O)c1ccccc1)c1ccc(-n2cccn2)cc1. The van der Waals surface area contributed by atoms with E-state index in [1.807, 2.05) is 18.3 Å². The Morgan fingerprint density at radius 3 is 2.36 bits per heavy atom. The summed E-state index contributed by atoms with van der Waals surface area (Å²) < 4.78 is 1.69. The predicted molar refractivity (Wildman–Crippen MR) is 92.7 cm³/mol. The second-order valence-electron chi connectivity index (χ2n) is 5.51. The maximum atomic E-state index is 12.3. The zero-order chi connectivity index (χ0) is 17.6. The Labute approximate surface area is 144 Å². The summed E-state index contributed by atoms with van der Waals surface area (Å²) in [7, 11) is 0. The van der Waals surface area contributed by atoms with Crippen molar-refractivity contribution in [3.05, 3.63) is 84.2 Å². The molecule has 6 heteroatoms. The molecule has 3 aromatic rings. The van der Waals surface area contributed by atoms with E-state index in [1.54, 1.807) is 59.4 Å². The Kier molecular flexibility index (Phi) is 4.89. The summed E-state index contributed by atoms with van der Waals surface area (Å²) in [4.78, 5) is 23.7. The Hall–Kier alpha value is -3.41. The molecule has 1 atom stereocenters. The molecule has 0 saturated heterocycles. The number of carboxylic acids is 1. The van der Waals surface area contributed by atoms with Crippen molar-refractivity contribution in [2.24, 2.45) is 0 Å². The highest BCUT2D eigenvalue weighted by molar-refractivity contribution is 5.94. The molecular formula is C19H17N3O3. The number of nitrogens with zero attached hydrogens (tertiary/aromatic N) is 2. The zero-order valence-corrected chi connectivity index (χ0v) is 13.4. The second kappa shape index (κ2) is 7.44. The van der Waals surface area contributed by atoms with Crippen molar-refractivity contribution in [2.45, 2.75) is 5.92 Å². The lowest BCUT2D eigenvalue weighted by atomic mass is 9.99. The topological polar surface area (TPSA) is 84.2 Å². The van der Waals surface area contributed by atoms with E-state index >= 15 is 0 Å². The monoisotopic (exact) mass is 335 g/mol. The van der Waals surface area contributed by atoms with Crippen LogP contribution in [0.25, 0.3) is 5.69 Å². The van der Waals surface area contributed by atoms with Gasteiger partial charge in [0.2, 0.25) is 0 Å². The third-order valence-corrected chi connectivity index (χ3v) is 3.87. The minimum absolute atomic E-state index is 0.0269.